The second-order valence-corrected chi connectivity index (χ2v) is 3.04. The van der Waals surface area contributed by atoms with E-state index in [1.807, 2.05) is 12.2 Å². The van der Waals surface area contributed by atoms with Gasteiger partial charge in [-0.25, -0.2) is 4.98 Å². The van der Waals surface area contributed by atoms with E-state index in [9.17, 15) is 4.79 Å². The molecule has 0 fully saturated rings. The number of fused-ring (bicyclic) bond motifs is 1. The van der Waals surface area contributed by atoms with Crippen molar-refractivity contribution in [3.05, 3.63) is 21.5 Å². The van der Waals surface area contributed by atoms with E-state index in [-0.39, 0.29) is 5.56 Å². The molecule has 2 aromatic rings. The van der Waals surface area contributed by atoms with Crippen LogP contribution in [0.4, 0.5) is 0 Å². The molecule has 0 atom stereocenters. The number of H-pyrrole nitrogens is 2. The van der Waals surface area contributed by atoms with Gasteiger partial charge in [-0.05, 0) is 12.2 Å². The van der Waals surface area contributed by atoms with E-state index in [2.05, 4.69) is 15.0 Å². The van der Waals surface area contributed by atoms with Crippen LogP contribution in [0.1, 0.15) is 0 Å². The number of aromatic amines is 2. The van der Waals surface area contributed by atoms with Crippen molar-refractivity contribution < 1.29 is 0 Å². The van der Waals surface area contributed by atoms with E-state index in [0.717, 1.165) is 7.31 Å². The van der Waals surface area contributed by atoms with Crippen LogP contribution in [0.3, 0.4) is 0 Å². The van der Waals surface area contributed by atoms with Crippen molar-refractivity contribution in [3.63, 3.8) is 0 Å². The lowest BCUT2D eigenvalue weighted by molar-refractivity contribution is 1.11. The first kappa shape index (κ1) is 8.30. The highest BCUT2D eigenvalue weighted by molar-refractivity contribution is 7.71. The Morgan fingerprint density at radius 2 is 2.38 bits per heavy atom. The fourth-order valence-corrected chi connectivity index (χ4v) is 1.41. The number of hydrogen-bond acceptors (Lipinski definition) is 3. The number of hydrogen-bond donors (Lipinski definition) is 2. The summed E-state index contributed by atoms with van der Waals surface area (Å²) in [5, 5.41) is 0. The average molecular weight is 192 g/mol. The molecular formula is C5H6B2N4OS. The molecule has 0 bridgehead atoms. The Morgan fingerprint density at radius 3 is 3.08 bits per heavy atom. The lowest BCUT2D eigenvalue weighted by Gasteiger charge is -1.96. The molecule has 0 spiro atoms. The molecule has 5 nitrogen and oxygen atoms in total. The molecule has 0 aliphatic rings. The van der Waals surface area contributed by atoms with Crippen molar-refractivity contribution in [2.24, 2.45) is 0 Å². The third-order valence-electron chi connectivity index (χ3n) is 1.85. The fourth-order valence-electron chi connectivity index (χ4n) is 1.22. The molecule has 0 unspecified atom stereocenters. The molecule has 0 aromatic carbocycles. The van der Waals surface area contributed by atoms with Gasteiger partial charge in [0.25, 0.3) is 5.56 Å². The van der Waals surface area contributed by atoms with Crippen LogP contribution in [-0.2, 0) is 0 Å². The molecule has 2 N–H and O–H groups in total. The number of nitrogens with zero attached hydrogens (tertiary/aromatic N) is 2. The minimum atomic E-state index is -0.244. The zero-order chi connectivity index (χ0) is 9.42. The largest absolute Gasteiger partial charge is 0.374 e. The summed E-state index contributed by atoms with van der Waals surface area (Å²) < 4.78 is 2.16. The fraction of sp³-hybridized carbons (Fsp3) is 0. The first-order chi connectivity index (χ1) is 6.22. The Bertz CT molecular complexity index is 555. The molecule has 0 saturated carbocycles. The summed E-state index contributed by atoms with van der Waals surface area (Å²) in [4.78, 5) is 20.7. The van der Waals surface area contributed by atoms with Gasteiger partial charge in [0, 0.05) is 0 Å². The van der Waals surface area contributed by atoms with Gasteiger partial charge in [0.2, 0.25) is 7.31 Å². The summed E-state index contributed by atoms with van der Waals surface area (Å²) in [6.45, 7) is 0. The van der Waals surface area contributed by atoms with Gasteiger partial charge in [0.05, 0.1) is 14.1 Å². The lowest BCUT2D eigenvalue weighted by Crippen LogP contribution is -2.11. The van der Waals surface area contributed by atoms with E-state index in [0.29, 0.717) is 15.9 Å². The predicted octanol–water partition coefficient (Wildman–Crippen LogP) is -1.47. The zero-order valence-electron chi connectivity index (χ0n) is 7.00. The number of nitrogens with one attached hydrogen (secondary N) is 2. The summed E-state index contributed by atoms with van der Waals surface area (Å²) >= 11 is 4.85. The quantitative estimate of drug-likeness (QED) is 0.428. The van der Waals surface area contributed by atoms with E-state index in [1.54, 1.807) is 6.33 Å². The van der Waals surface area contributed by atoms with Crippen LogP contribution in [0.15, 0.2) is 11.1 Å². The van der Waals surface area contributed by atoms with Crippen LogP contribution in [0, 0.1) is 4.77 Å². The Balaban J connectivity index is 2.98. The monoisotopic (exact) mass is 192 g/mol. The molecule has 2 aromatic heterocycles. The van der Waals surface area contributed by atoms with Gasteiger partial charge in [0.15, 0.2) is 10.3 Å². The highest BCUT2D eigenvalue weighted by atomic mass is 32.1. The normalized spacial score (nSPS) is 10.5. The van der Waals surface area contributed by atoms with Gasteiger partial charge in [-0.3, -0.25) is 9.78 Å². The first-order valence-electron chi connectivity index (χ1n) is 3.90. The van der Waals surface area contributed by atoms with Gasteiger partial charge in [-0.1, -0.05) is 0 Å². The topological polar surface area (TPSA) is 66.5 Å². The molecular weight excluding hydrogens is 186 g/mol. The Hall–Kier alpha value is -1.30. The minimum Gasteiger partial charge on any atom is -0.374 e. The van der Waals surface area contributed by atoms with Gasteiger partial charge >= 0.3 is 0 Å². The molecule has 2 heterocycles. The molecule has 64 valence electrons. The molecule has 8 heteroatoms. The maximum atomic E-state index is 11.3. The Labute approximate surface area is 79.9 Å². The third-order valence-corrected chi connectivity index (χ3v) is 2.06. The van der Waals surface area contributed by atoms with Crippen molar-refractivity contribution in [2.75, 3.05) is 0 Å². The smallest absolute Gasteiger partial charge is 0.279 e. The van der Waals surface area contributed by atoms with Crippen molar-refractivity contribution in [3.8, 4) is 0 Å². The van der Waals surface area contributed by atoms with E-state index in [1.165, 1.54) is 0 Å². The second kappa shape index (κ2) is 2.88. The standard InChI is InChI=1S/C5H6B2N4OS/c6-7-11-1-8-2-3(11)9-5(13)10-4(2)12/h1,7H,6H2,(H2,9,10,12,13). The summed E-state index contributed by atoms with van der Waals surface area (Å²) in [5.41, 5.74) is 0.831. The third kappa shape index (κ3) is 1.23. The van der Waals surface area contributed by atoms with Crippen LogP contribution in [0.25, 0.3) is 11.2 Å². The Kier molecular flexibility index (Phi) is 1.84. The van der Waals surface area contributed by atoms with Crippen molar-refractivity contribution in [1.29, 1.82) is 0 Å². The average Bonchev–Trinajstić information content (AvgIpc) is 2.47. The van der Waals surface area contributed by atoms with Crippen LogP contribution < -0.4 is 5.56 Å². The molecule has 0 aliphatic carbocycles. The van der Waals surface area contributed by atoms with Gasteiger partial charge in [-0.15, -0.1) is 0 Å². The predicted molar refractivity (Wildman–Crippen MR) is 56.6 cm³/mol. The number of rotatable bonds is 1. The first-order valence-corrected chi connectivity index (χ1v) is 4.30. The summed E-state index contributed by atoms with van der Waals surface area (Å²) in [7, 11) is 2.73. The van der Waals surface area contributed by atoms with Crippen molar-refractivity contribution in [2.45, 2.75) is 0 Å². The van der Waals surface area contributed by atoms with Crippen LogP contribution in [-0.4, -0.2) is 34.5 Å². The van der Waals surface area contributed by atoms with Gasteiger partial charge in [-0.2, -0.15) is 0 Å². The summed E-state index contributed by atoms with van der Waals surface area (Å²) in [5.74, 6) is 0. The molecule has 0 saturated heterocycles. The van der Waals surface area contributed by atoms with E-state index in [4.69, 9.17) is 12.2 Å². The number of imidazole rings is 1. The van der Waals surface area contributed by atoms with Gasteiger partial charge < -0.3 is 9.46 Å². The summed E-state index contributed by atoms with van der Waals surface area (Å²) in [6.07, 6.45) is 1.62. The van der Waals surface area contributed by atoms with Crippen LogP contribution in [0.5, 0.6) is 0 Å². The van der Waals surface area contributed by atoms with E-state index >= 15 is 0 Å². The van der Waals surface area contributed by atoms with Gasteiger partial charge in [0.1, 0.15) is 5.65 Å². The maximum absolute atomic E-state index is 11.3. The van der Waals surface area contributed by atoms with Crippen LogP contribution >= 0.6 is 12.2 Å². The summed E-state index contributed by atoms with van der Waals surface area (Å²) in [6, 6.07) is 0. The van der Waals surface area contributed by atoms with Crippen LogP contribution in [0.2, 0.25) is 0 Å². The molecule has 2 rings (SSSR count). The van der Waals surface area contributed by atoms with E-state index < -0.39 is 0 Å². The number of aromatic nitrogens is 4. The highest BCUT2D eigenvalue weighted by Crippen LogP contribution is 2.01. The molecule has 0 amide bonds. The highest BCUT2D eigenvalue weighted by Gasteiger charge is 2.04. The van der Waals surface area contributed by atoms with Crippen molar-refractivity contribution >= 4 is 38.4 Å². The second-order valence-electron chi connectivity index (χ2n) is 2.64. The Morgan fingerprint density at radius 1 is 1.62 bits per heavy atom. The maximum Gasteiger partial charge on any atom is 0.279 e. The molecule has 13 heavy (non-hydrogen) atoms. The minimum absolute atomic E-state index is 0.244. The lowest BCUT2D eigenvalue weighted by atomic mass is 9.67. The molecule has 0 aliphatic heterocycles. The zero-order valence-corrected chi connectivity index (χ0v) is 7.81. The van der Waals surface area contributed by atoms with Crippen molar-refractivity contribution in [1.82, 2.24) is 19.4 Å². The molecule has 0 radical (unpaired) electrons. The SMILES string of the molecule is BBn1cnc2c(=O)[nH]c(=S)[nH]c21.